The number of rotatable bonds is 4. The third-order valence-electron chi connectivity index (χ3n) is 2.19. The molecule has 0 saturated carbocycles. The minimum Gasteiger partial charge on any atom is -0.316 e. The van der Waals surface area contributed by atoms with Crippen LogP contribution in [-0.2, 0) is 6.54 Å². The van der Waals surface area contributed by atoms with Gasteiger partial charge in [-0.05, 0) is 36.9 Å². The Labute approximate surface area is 100 Å². The van der Waals surface area contributed by atoms with E-state index in [0.717, 1.165) is 6.54 Å². The summed E-state index contributed by atoms with van der Waals surface area (Å²) in [4.78, 5) is 6.48. The summed E-state index contributed by atoms with van der Waals surface area (Å²) >= 11 is 1.75. The molecule has 3 heteroatoms. The first-order chi connectivity index (χ1) is 7.88. The molecule has 1 aromatic carbocycles. The Bertz CT molecular complexity index is 425. The molecule has 16 heavy (non-hydrogen) atoms. The Balaban J connectivity index is 2.05. The molecule has 0 unspecified atom stereocenters. The summed E-state index contributed by atoms with van der Waals surface area (Å²) in [5.41, 5.74) is 1.31. The van der Waals surface area contributed by atoms with Crippen molar-refractivity contribution in [1.82, 2.24) is 10.3 Å². The van der Waals surface area contributed by atoms with Crippen molar-refractivity contribution >= 4 is 11.8 Å². The molecule has 0 aliphatic rings. The first-order valence-corrected chi connectivity index (χ1v) is 6.01. The SMILES string of the molecule is CNCc1ccc(Sc2ccncc2)cc1. The van der Waals surface area contributed by atoms with Crippen molar-refractivity contribution in [3.63, 3.8) is 0 Å². The summed E-state index contributed by atoms with van der Waals surface area (Å²) in [7, 11) is 1.96. The number of nitrogens with zero attached hydrogens (tertiary/aromatic N) is 1. The molecule has 1 heterocycles. The minimum atomic E-state index is 0.917. The van der Waals surface area contributed by atoms with Crippen molar-refractivity contribution in [2.75, 3.05) is 7.05 Å². The highest BCUT2D eigenvalue weighted by Gasteiger charge is 1.97. The van der Waals surface area contributed by atoms with E-state index in [0.29, 0.717) is 0 Å². The van der Waals surface area contributed by atoms with E-state index in [2.05, 4.69) is 34.6 Å². The van der Waals surface area contributed by atoms with E-state index in [1.807, 2.05) is 31.6 Å². The van der Waals surface area contributed by atoms with Crippen LogP contribution in [-0.4, -0.2) is 12.0 Å². The van der Waals surface area contributed by atoms with E-state index in [1.165, 1.54) is 15.4 Å². The quantitative estimate of drug-likeness (QED) is 0.874. The van der Waals surface area contributed by atoms with Crippen LogP contribution in [0.3, 0.4) is 0 Å². The molecule has 2 nitrogen and oxygen atoms in total. The lowest BCUT2D eigenvalue weighted by Gasteiger charge is -2.03. The van der Waals surface area contributed by atoms with Gasteiger partial charge in [0.05, 0.1) is 0 Å². The van der Waals surface area contributed by atoms with Gasteiger partial charge in [0.2, 0.25) is 0 Å². The second-order valence-electron chi connectivity index (χ2n) is 3.46. The maximum Gasteiger partial charge on any atom is 0.0279 e. The first kappa shape index (κ1) is 11.2. The Morgan fingerprint density at radius 1 is 1.00 bits per heavy atom. The van der Waals surface area contributed by atoms with E-state index < -0.39 is 0 Å². The minimum absolute atomic E-state index is 0.917. The number of pyridine rings is 1. The molecule has 0 bridgehead atoms. The predicted molar refractivity (Wildman–Crippen MR) is 67.6 cm³/mol. The number of hydrogen-bond donors (Lipinski definition) is 1. The molecule has 82 valence electrons. The highest BCUT2D eigenvalue weighted by atomic mass is 32.2. The first-order valence-electron chi connectivity index (χ1n) is 5.20. The molecular formula is C13H14N2S. The van der Waals surface area contributed by atoms with Crippen LogP contribution in [0.2, 0.25) is 0 Å². The van der Waals surface area contributed by atoms with Crippen molar-refractivity contribution in [3.05, 3.63) is 54.4 Å². The molecule has 1 aromatic heterocycles. The van der Waals surface area contributed by atoms with Crippen LogP contribution in [0.15, 0.2) is 58.6 Å². The van der Waals surface area contributed by atoms with Crippen LogP contribution >= 0.6 is 11.8 Å². The van der Waals surface area contributed by atoms with Crippen LogP contribution in [0, 0.1) is 0 Å². The molecule has 0 amide bonds. The fourth-order valence-electron chi connectivity index (χ4n) is 1.42. The second-order valence-corrected chi connectivity index (χ2v) is 4.61. The molecule has 0 aliphatic heterocycles. The molecule has 2 aromatic rings. The van der Waals surface area contributed by atoms with Gasteiger partial charge < -0.3 is 5.32 Å². The lowest BCUT2D eigenvalue weighted by atomic mass is 10.2. The molecule has 1 N–H and O–H groups in total. The summed E-state index contributed by atoms with van der Waals surface area (Å²) < 4.78 is 0. The molecule has 0 atom stereocenters. The van der Waals surface area contributed by atoms with Gasteiger partial charge in [0.15, 0.2) is 0 Å². The van der Waals surface area contributed by atoms with Crippen LogP contribution < -0.4 is 5.32 Å². The van der Waals surface area contributed by atoms with E-state index in [9.17, 15) is 0 Å². The van der Waals surface area contributed by atoms with E-state index in [-0.39, 0.29) is 0 Å². The third kappa shape index (κ3) is 3.08. The molecule has 0 spiro atoms. The zero-order valence-corrected chi connectivity index (χ0v) is 10.00. The summed E-state index contributed by atoms with van der Waals surface area (Å²) in [6.07, 6.45) is 3.63. The van der Waals surface area contributed by atoms with Crippen LogP contribution in [0.4, 0.5) is 0 Å². The number of hydrogen-bond acceptors (Lipinski definition) is 3. The van der Waals surface area contributed by atoms with Crippen molar-refractivity contribution < 1.29 is 0 Å². The van der Waals surface area contributed by atoms with Crippen molar-refractivity contribution in [3.8, 4) is 0 Å². The second kappa shape index (κ2) is 5.68. The maximum atomic E-state index is 4.00. The topological polar surface area (TPSA) is 24.9 Å². The number of benzene rings is 1. The lowest BCUT2D eigenvalue weighted by molar-refractivity contribution is 0.817. The van der Waals surface area contributed by atoms with Gasteiger partial charge in [0, 0.05) is 28.7 Å². The van der Waals surface area contributed by atoms with Gasteiger partial charge in [-0.15, -0.1) is 0 Å². The normalized spacial score (nSPS) is 10.3. The zero-order valence-electron chi connectivity index (χ0n) is 9.18. The molecular weight excluding hydrogens is 216 g/mol. The molecule has 2 rings (SSSR count). The highest BCUT2D eigenvalue weighted by molar-refractivity contribution is 7.99. The molecule has 0 aliphatic carbocycles. The van der Waals surface area contributed by atoms with Crippen molar-refractivity contribution in [2.45, 2.75) is 16.3 Å². The predicted octanol–water partition coefficient (Wildman–Crippen LogP) is 2.95. The van der Waals surface area contributed by atoms with Gasteiger partial charge in [-0.2, -0.15) is 0 Å². The van der Waals surface area contributed by atoms with Gasteiger partial charge in [-0.25, -0.2) is 0 Å². The number of nitrogens with one attached hydrogen (secondary N) is 1. The molecule has 0 radical (unpaired) electrons. The van der Waals surface area contributed by atoms with Crippen LogP contribution in [0.5, 0.6) is 0 Å². The van der Waals surface area contributed by atoms with E-state index in [1.54, 1.807) is 11.8 Å². The smallest absolute Gasteiger partial charge is 0.0279 e. The van der Waals surface area contributed by atoms with E-state index in [4.69, 9.17) is 0 Å². The highest BCUT2D eigenvalue weighted by Crippen LogP contribution is 2.26. The molecule has 0 saturated heterocycles. The zero-order chi connectivity index (χ0) is 11.2. The lowest BCUT2D eigenvalue weighted by Crippen LogP contribution is -2.04. The van der Waals surface area contributed by atoms with Gasteiger partial charge in [0.1, 0.15) is 0 Å². The average molecular weight is 230 g/mol. The van der Waals surface area contributed by atoms with Crippen LogP contribution in [0.25, 0.3) is 0 Å². The Kier molecular flexibility index (Phi) is 3.97. The Morgan fingerprint density at radius 3 is 2.25 bits per heavy atom. The summed E-state index contributed by atoms with van der Waals surface area (Å²) in [6, 6.07) is 12.6. The molecule has 0 fully saturated rings. The van der Waals surface area contributed by atoms with Gasteiger partial charge in [-0.3, -0.25) is 4.98 Å². The summed E-state index contributed by atoms with van der Waals surface area (Å²) in [6.45, 7) is 0.917. The third-order valence-corrected chi connectivity index (χ3v) is 3.21. The summed E-state index contributed by atoms with van der Waals surface area (Å²) in [5, 5.41) is 3.14. The standard InChI is InChI=1S/C13H14N2S/c1-14-10-11-2-4-12(5-3-11)16-13-6-8-15-9-7-13/h2-9,14H,10H2,1H3. The maximum absolute atomic E-state index is 4.00. The van der Waals surface area contributed by atoms with Crippen molar-refractivity contribution in [2.24, 2.45) is 0 Å². The van der Waals surface area contributed by atoms with E-state index >= 15 is 0 Å². The monoisotopic (exact) mass is 230 g/mol. The van der Waals surface area contributed by atoms with Gasteiger partial charge >= 0.3 is 0 Å². The Hall–Kier alpha value is -1.32. The Morgan fingerprint density at radius 2 is 1.62 bits per heavy atom. The fourth-order valence-corrected chi connectivity index (χ4v) is 2.22. The van der Waals surface area contributed by atoms with Crippen molar-refractivity contribution in [1.29, 1.82) is 0 Å². The van der Waals surface area contributed by atoms with Gasteiger partial charge in [0.25, 0.3) is 0 Å². The van der Waals surface area contributed by atoms with Gasteiger partial charge in [-0.1, -0.05) is 23.9 Å². The number of aromatic nitrogens is 1. The fraction of sp³-hybridized carbons (Fsp3) is 0.154. The largest absolute Gasteiger partial charge is 0.316 e. The average Bonchev–Trinajstić information content (AvgIpc) is 2.33. The van der Waals surface area contributed by atoms with Crippen LogP contribution in [0.1, 0.15) is 5.56 Å². The summed E-state index contributed by atoms with van der Waals surface area (Å²) in [5.74, 6) is 0.